The van der Waals surface area contributed by atoms with Gasteiger partial charge >= 0.3 is 0 Å². The van der Waals surface area contributed by atoms with Crippen molar-refractivity contribution < 1.29 is 0 Å². The second-order valence-electron chi connectivity index (χ2n) is 3.23. The molecule has 0 atom stereocenters. The summed E-state index contributed by atoms with van der Waals surface area (Å²) in [5, 5.41) is 2.59. The quantitative estimate of drug-likeness (QED) is 0.758. The van der Waals surface area contributed by atoms with E-state index in [9.17, 15) is 0 Å². The summed E-state index contributed by atoms with van der Waals surface area (Å²) in [7, 11) is 3.85. The van der Waals surface area contributed by atoms with E-state index in [0.717, 1.165) is 11.0 Å². The second kappa shape index (κ2) is 3.29. The molecule has 0 saturated carbocycles. The first-order valence-electron chi connectivity index (χ1n) is 4.18. The number of imidazole rings is 1. The van der Waals surface area contributed by atoms with Gasteiger partial charge in [-0.1, -0.05) is 17.7 Å². The monoisotopic (exact) mass is 227 g/mol. The molecule has 1 aromatic heterocycles. The van der Waals surface area contributed by atoms with E-state index < -0.39 is 0 Å². The first kappa shape index (κ1) is 9.55. The van der Waals surface area contributed by atoms with Gasteiger partial charge in [-0.3, -0.25) is 0 Å². The Morgan fingerprint density at radius 3 is 2.79 bits per heavy atom. The number of aromatic amines is 1. The lowest BCUT2D eigenvalue weighted by molar-refractivity contribution is 0.742. The number of hydrogen-bond acceptors (Lipinski definition) is 2. The number of rotatable bonds is 1. The van der Waals surface area contributed by atoms with Crippen LogP contribution in [-0.4, -0.2) is 23.8 Å². The Morgan fingerprint density at radius 1 is 1.43 bits per heavy atom. The molecule has 14 heavy (non-hydrogen) atoms. The summed E-state index contributed by atoms with van der Waals surface area (Å²) in [4.78, 5) is 3.10. The lowest BCUT2D eigenvalue weighted by atomic mass is 10.3. The molecule has 0 aliphatic rings. The number of H-pyrrole nitrogens is 1. The number of hydrogen-bond donors (Lipinski definition) is 1. The van der Waals surface area contributed by atoms with E-state index in [1.54, 1.807) is 0 Å². The summed E-state index contributed by atoms with van der Waals surface area (Å²) in [5.74, 6) is 0. The van der Waals surface area contributed by atoms with Crippen molar-refractivity contribution in [2.24, 2.45) is 0 Å². The van der Waals surface area contributed by atoms with E-state index in [2.05, 4.69) is 4.98 Å². The van der Waals surface area contributed by atoms with E-state index in [4.69, 9.17) is 23.8 Å². The Labute approximate surface area is 91.9 Å². The van der Waals surface area contributed by atoms with Gasteiger partial charge in [0.25, 0.3) is 0 Å². The Bertz CT molecular complexity index is 526. The third-order valence-electron chi connectivity index (χ3n) is 2.03. The van der Waals surface area contributed by atoms with Gasteiger partial charge in [-0.05, 0) is 24.4 Å². The van der Waals surface area contributed by atoms with E-state index in [1.165, 1.54) is 0 Å². The highest BCUT2D eigenvalue weighted by molar-refractivity contribution is 7.71. The Balaban J connectivity index is 2.94. The number of aromatic nitrogens is 2. The Kier molecular flexibility index (Phi) is 2.25. The van der Waals surface area contributed by atoms with Crippen LogP contribution in [0.2, 0.25) is 5.02 Å². The summed E-state index contributed by atoms with van der Waals surface area (Å²) in [6.45, 7) is 0. The molecule has 0 radical (unpaired) electrons. The summed E-state index contributed by atoms with van der Waals surface area (Å²) in [6.07, 6.45) is 0. The molecular formula is C9H10ClN3S. The average molecular weight is 228 g/mol. The first-order chi connectivity index (χ1) is 6.61. The highest BCUT2D eigenvalue weighted by atomic mass is 35.5. The molecule has 0 spiro atoms. The molecule has 74 valence electrons. The van der Waals surface area contributed by atoms with Crippen molar-refractivity contribution in [3.05, 3.63) is 28.0 Å². The first-order valence-corrected chi connectivity index (χ1v) is 4.96. The Hall–Kier alpha value is -1.00. The number of benzene rings is 1. The fraction of sp³-hybridized carbons (Fsp3) is 0.222. The van der Waals surface area contributed by atoms with Crippen molar-refractivity contribution in [3.8, 4) is 0 Å². The van der Waals surface area contributed by atoms with Gasteiger partial charge in [0, 0.05) is 14.1 Å². The van der Waals surface area contributed by atoms with Gasteiger partial charge in [0.15, 0.2) is 4.77 Å². The zero-order valence-corrected chi connectivity index (χ0v) is 9.49. The molecule has 0 aliphatic heterocycles. The van der Waals surface area contributed by atoms with Crippen molar-refractivity contribution in [3.63, 3.8) is 0 Å². The minimum absolute atomic E-state index is 0.651. The number of nitrogens with zero attached hydrogens (tertiary/aromatic N) is 2. The van der Waals surface area contributed by atoms with Gasteiger partial charge < -0.3 is 9.99 Å². The third kappa shape index (κ3) is 1.31. The minimum atomic E-state index is 0.651. The van der Waals surface area contributed by atoms with E-state index in [-0.39, 0.29) is 0 Å². The lowest BCUT2D eigenvalue weighted by Crippen LogP contribution is -2.24. The standard InChI is InChI=1S/C9H10ClN3S/c1-12(2)13-8-6(10)4-3-5-7(8)11-9(13)14/h3-5H,1-2H3,(H,11,14). The minimum Gasteiger partial charge on any atom is -0.329 e. The van der Waals surface area contributed by atoms with Crippen LogP contribution in [-0.2, 0) is 0 Å². The smallest absolute Gasteiger partial charge is 0.197 e. The zero-order valence-electron chi connectivity index (χ0n) is 7.91. The van der Waals surface area contributed by atoms with Gasteiger partial charge in [-0.25, -0.2) is 4.68 Å². The molecule has 0 fully saturated rings. The van der Waals surface area contributed by atoms with Crippen molar-refractivity contribution in [2.45, 2.75) is 0 Å². The van der Waals surface area contributed by atoms with E-state index in [1.807, 2.05) is 42.0 Å². The SMILES string of the molecule is CN(C)n1c(=S)[nH]c2cccc(Cl)c21. The fourth-order valence-electron chi connectivity index (χ4n) is 1.48. The molecule has 0 aliphatic carbocycles. The molecule has 0 saturated heterocycles. The van der Waals surface area contributed by atoms with Gasteiger partial charge in [0.05, 0.1) is 10.5 Å². The van der Waals surface area contributed by atoms with Crippen molar-refractivity contribution >= 4 is 34.9 Å². The maximum Gasteiger partial charge on any atom is 0.197 e. The van der Waals surface area contributed by atoms with Crippen LogP contribution in [0.3, 0.4) is 0 Å². The number of halogens is 1. The van der Waals surface area contributed by atoms with Gasteiger partial charge in [0.1, 0.15) is 5.52 Å². The maximum absolute atomic E-state index is 6.11. The van der Waals surface area contributed by atoms with Crippen LogP contribution in [0.4, 0.5) is 0 Å². The van der Waals surface area contributed by atoms with Crippen LogP contribution in [0, 0.1) is 4.77 Å². The lowest BCUT2D eigenvalue weighted by Gasteiger charge is -2.14. The van der Waals surface area contributed by atoms with E-state index >= 15 is 0 Å². The van der Waals surface area contributed by atoms with E-state index in [0.29, 0.717) is 9.79 Å². The van der Waals surface area contributed by atoms with Crippen LogP contribution in [0.1, 0.15) is 0 Å². The van der Waals surface area contributed by atoms with Crippen molar-refractivity contribution in [1.29, 1.82) is 0 Å². The highest BCUT2D eigenvalue weighted by Gasteiger charge is 2.08. The molecule has 1 aromatic carbocycles. The van der Waals surface area contributed by atoms with Crippen LogP contribution < -0.4 is 5.01 Å². The molecule has 0 bridgehead atoms. The van der Waals surface area contributed by atoms with Crippen LogP contribution in [0.5, 0.6) is 0 Å². The molecule has 3 nitrogen and oxygen atoms in total. The zero-order chi connectivity index (χ0) is 10.3. The summed E-state index contributed by atoms with van der Waals surface area (Å²) < 4.78 is 2.52. The van der Waals surface area contributed by atoms with Crippen LogP contribution in [0.25, 0.3) is 11.0 Å². The van der Waals surface area contributed by atoms with Crippen LogP contribution >= 0.6 is 23.8 Å². The van der Waals surface area contributed by atoms with Crippen LogP contribution in [0.15, 0.2) is 18.2 Å². The third-order valence-corrected chi connectivity index (χ3v) is 2.61. The molecule has 2 rings (SSSR count). The molecule has 5 heteroatoms. The summed E-state index contributed by atoms with van der Waals surface area (Å²) >= 11 is 11.3. The topological polar surface area (TPSA) is 24.0 Å². The largest absolute Gasteiger partial charge is 0.329 e. The highest BCUT2D eigenvalue weighted by Crippen LogP contribution is 2.22. The predicted octanol–water partition coefficient (Wildman–Crippen LogP) is 2.55. The Morgan fingerprint density at radius 2 is 2.14 bits per heavy atom. The second-order valence-corrected chi connectivity index (χ2v) is 4.02. The molecule has 1 heterocycles. The van der Waals surface area contributed by atoms with Gasteiger partial charge in [0.2, 0.25) is 0 Å². The maximum atomic E-state index is 6.11. The normalized spacial score (nSPS) is 10.8. The number of nitrogens with one attached hydrogen (secondary N) is 1. The van der Waals surface area contributed by atoms with Crippen molar-refractivity contribution in [2.75, 3.05) is 19.1 Å². The van der Waals surface area contributed by atoms with Crippen molar-refractivity contribution in [1.82, 2.24) is 9.66 Å². The molecule has 0 amide bonds. The fourth-order valence-corrected chi connectivity index (χ4v) is 2.10. The van der Waals surface area contributed by atoms with Gasteiger partial charge in [-0.15, -0.1) is 0 Å². The predicted molar refractivity (Wildman–Crippen MR) is 62.2 cm³/mol. The molecule has 0 unspecified atom stereocenters. The molecule has 1 N–H and O–H groups in total. The average Bonchev–Trinajstić information content (AvgIpc) is 2.42. The summed E-state index contributed by atoms with van der Waals surface area (Å²) in [6, 6.07) is 5.71. The molecular weight excluding hydrogens is 218 g/mol. The number of para-hydroxylation sites is 1. The summed E-state index contributed by atoms with van der Waals surface area (Å²) in [5.41, 5.74) is 1.88. The molecule has 2 aromatic rings. The number of fused-ring (bicyclic) bond motifs is 1. The van der Waals surface area contributed by atoms with Gasteiger partial charge in [-0.2, -0.15) is 0 Å².